The molecule has 1 aliphatic rings. The second-order valence-corrected chi connectivity index (χ2v) is 4.57. The van der Waals surface area contributed by atoms with Gasteiger partial charge in [-0.05, 0) is 19.8 Å². The Bertz CT molecular complexity index is 426. The van der Waals surface area contributed by atoms with Gasteiger partial charge in [0.25, 0.3) is 5.56 Å². The standard InChI is InChI=1S/C10H14ClN3O2/c1-10(2-4-16-5-3-10)14-8-7(11)9(15)13-6-12-8/h6H,2-5H2,1H3,(H2,12,13,14,15). The number of hydrogen-bond donors (Lipinski definition) is 2. The van der Waals surface area contributed by atoms with E-state index in [1.165, 1.54) is 6.33 Å². The molecule has 88 valence electrons. The number of halogens is 1. The summed E-state index contributed by atoms with van der Waals surface area (Å²) < 4.78 is 5.30. The van der Waals surface area contributed by atoms with Crippen molar-refractivity contribution in [3.05, 3.63) is 21.7 Å². The number of aromatic nitrogens is 2. The molecule has 6 heteroatoms. The van der Waals surface area contributed by atoms with Crippen LogP contribution in [0.3, 0.4) is 0 Å². The Kier molecular flexibility index (Phi) is 3.16. The minimum atomic E-state index is -0.324. The highest BCUT2D eigenvalue weighted by atomic mass is 35.5. The fraction of sp³-hybridized carbons (Fsp3) is 0.600. The monoisotopic (exact) mass is 243 g/mol. The molecule has 2 N–H and O–H groups in total. The van der Waals surface area contributed by atoms with Crippen LogP contribution in [-0.4, -0.2) is 28.7 Å². The van der Waals surface area contributed by atoms with Gasteiger partial charge in [0.15, 0.2) is 5.82 Å². The van der Waals surface area contributed by atoms with Gasteiger partial charge in [0.1, 0.15) is 5.02 Å². The van der Waals surface area contributed by atoms with Crippen molar-refractivity contribution in [1.29, 1.82) is 0 Å². The first kappa shape index (κ1) is 11.4. The van der Waals surface area contributed by atoms with E-state index in [1.807, 2.05) is 0 Å². The normalized spacial score (nSPS) is 19.4. The van der Waals surface area contributed by atoms with E-state index in [4.69, 9.17) is 16.3 Å². The van der Waals surface area contributed by atoms with Gasteiger partial charge in [-0.1, -0.05) is 11.6 Å². The molecule has 1 aromatic heterocycles. The third kappa shape index (κ3) is 2.36. The van der Waals surface area contributed by atoms with Crippen LogP contribution in [0, 0.1) is 0 Å². The molecule has 5 nitrogen and oxygen atoms in total. The molecule has 0 aromatic carbocycles. The molecule has 0 spiro atoms. The van der Waals surface area contributed by atoms with Crippen molar-refractivity contribution in [2.45, 2.75) is 25.3 Å². The van der Waals surface area contributed by atoms with E-state index in [0.717, 1.165) is 12.8 Å². The summed E-state index contributed by atoms with van der Waals surface area (Å²) in [6.07, 6.45) is 3.09. The maximum Gasteiger partial charge on any atom is 0.271 e. The van der Waals surface area contributed by atoms with Crippen molar-refractivity contribution in [2.24, 2.45) is 0 Å². The molecule has 2 heterocycles. The van der Waals surface area contributed by atoms with Gasteiger partial charge in [-0.25, -0.2) is 4.98 Å². The van der Waals surface area contributed by atoms with Gasteiger partial charge in [-0.15, -0.1) is 0 Å². The van der Waals surface area contributed by atoms with Crippen LogP contribution in [0.1, 0.15) is 19.8 Å². The van der Waals surface area contributed by atoms with E-state index in [9.17, 15) is 4.79 Å². The number of nitrogens with zero attached hydrogens (tertiary/aromatic N) is 1. The summed E-state index contributed by atoms with van der Waals surface area (Å²) in [4.78, 5) is 17.8. The Morgan fingerprint density at radius 3 is 2.94 bits per heavy atom. The molecule has 0 radical (unpaired) electrons. The second-order valence-electron chi connectivity index (χ2n) is 4.19. The number of anilines is 1. The molecule has 0 amide bonds. The van der Waals surface area contributed by atoms with Gasteiger partial charge in [0.2, 0.25) is 0 Å². The van der Waals surface area contributed by atoms with Crippen LogP contribution in [0.25, 0.3) is 0 Å². The lowest BCUT2D eigenvalue weighted by molar-refractivity contribution is 0.0657. The van der Waals surface area contributed by atoms with Crippen molar-refractivity contribution < 1.29 is 4.74 Å². The molecule has 0 aliphatic carbocycles. The Balaban J connectivity index is 2.19. The SMILES string of the molecule is CC1(Nc2nc[nH]c(=O)c2Cl)CCOCC1. The molecule has 0 saturated carbocycles. The minimum Gasteiger partial charge on any atom is -0.381 e. The molecule has 2 rings (SSSR count). The molecule has 1 aromatic rings. The van der Waals surface area contributed by atoms with Crippen molar-refractivity contribution >= 4 is 17.4 Å². The van der Waals surface area contributed by atoms with E-state index in [1.54, 1.807) is 0 Å². The van der Waals surface area contributed by atoms with Crippen LogP contribution < -0.4 is 10.9 Å². The number of ether oxygens (including phenoxy) is 1. The van der Waals surface area contributed by atoms with Gasteiger partial charge in [0.05, 0.1) is 6.33 Å². The maximum absolute atomic E-state index is 11.3. The Hall–Kier alpha value is -1.07. The zero-order chi connectivity index (χ0) is 11.6. The number of H-pyrrole nitrogens is 1. The first-order valence-corrected chi connectivity index (χ1v) is 5.58. The average molecular weight is 244 g/mol. The summed E-state index contributed by atoms with van der Waals surface area (Å²) in [6.45, 7) is 3.50. The number of aromatic amines is 1. The van der Waals surface area contributed by atoms with Gasteiger partial charge >= 0.3 is 0 Å². The molecule has 0 bridgehead atoms. The van der Waals surface area contributed by atoms with E-state index < -0.39 is 0 Å². The molecular formula is C10H14ClN3O2. The van der Waals surface area contributed by atoms with Crippen molar-refractivity contribution in [3.63, 3.8) is 0 Å². The van der Waals surface area contributed by atoms with Gasteiger partial charge in [0, 0.05) is 18.8 Å². The lowest BCUT2D eigenvalue weighted by Gasteiger charge is -2.34. The van der Waals surface area contributed by atoms with E-state index in [0.29, 0.717) is 19.0 Å². The third-order valence-electron chi connectivity index (χ3n) is 2.81. The summed E-state index contributed by atoms with van der Waals surface area (Å²) in [5.41, 5.74) is -0.433. The first-order valence-electron chi connectivity index (χ1n) is 5.20. The summed E-state index contributed by atoms with van der Waals surface area (Å²) in [5, 5.41) is 3.33. The fourth-order valence-corrected chi connectivity index (χ4v) is 1.85. The highest BCUT2D eigenvalue weighted by Gasteiger charge is 2.28. The molecule has 16 heavy (non-hydrogen) atoms. The Morgan fingerprint density at radius 2 is 2.25 bits per heavy atom. The zero-order valence-electron chi connectivity index (χ0n) is 9.05. The first-order chi connectivity index (χ1) is 7.61. The molecule has 0 atom stereocenters. The Labute approximate surface area is 98.2 Å². The summed E-state index contributed by atoms with van der Waals surface area (Å²) in [5.74, 6) is 0.440. The highest BCUT2D eigenvalue weighted by Crippen LogP contribution is 2.26. The lowest BCUT2D eigenvalue weighted by Crippen LogP contribution is -2.41. The van der Waals surface area contributed by atoms with E-state index >= 15 is 0 Å². The topological polar surface area (TPSA) is 67.0 Å². The largest absolute Gasteiger partial charge is 0.381 e. The highest BCUT2D eigenvalue weighted by molar-refractivity contribution is 6.32. The smallest absolute Gasteiger partial charge is 0.271 e. The predicted octanol–water partition coefficient (Wildman–Crippen LogP) is 1.40. The van der Waals surface area contributed by atoms with Crippen molar-refractivity contribution in [1.82, 2.24) is 9.97 Å². The predicted molar refractivity (Wildman–Crippen MR) is 61.9 cm³/mol. The molecule has 0 unspecified atom stereocenters. The van der Waals surface area contributed by atoms with E-state index in [-0.39, 0.29) is 16.1 Å². The molecule has 1 saturated heterocycles. The van der Waals surface area contributed by atoms with Crippen molar-refractivity contribution in [3.8, 4) is 0 Å². The van der Waals surface area contributed by atoms with Crippen molar-refractivity contribution in [2.75, 3.05) is 18.5 Å². The number of rotatable bonds is 2. The maximum atomic E-state index is 11.3. The third-order valence-corrected chi connectivity index (χ3v) is 3.16. The van der Waals surface area contributed by atoms with Crippen LogP contribution in [0.15, 0.2) is 11.1 Å². The van der Waals surface area contributed by atoms with Crippen LogP contribution in [-0.2, 0) is 4.74 Å². The zero-order valence-corrected chi connectivity index (χ0v) is 9.80. The molecular weight excluding hydrogens is 230 g/mol. The quantitative estimate of drug-likeness (QED) is 0.824. The van der Waals surface area contributed by atoms with Gasteiger partial charge in [-0.3, -0.25) is 4.79 Å². The minimum absolute atomic E-state index is 0.107. The van der Waals surface area contributed by atoms with Gasteiger partial charge < -0.3 is 15.0 Å². The molecule has 1 fully saturated rings. The summed E-state index contributed by atoms with van der Waals surface area (Å²) in [7, 11) is 0. The molecule has 1 aliphatic heterocycles. The van der Waals surface area contributed by atoms with Crippen LogP contribution in [0.5, 0.6) is 0 Å². The Morgan fingerprint density at radius 1 is 1.56 bits per heavy atom. The van der Waals surface area contributed by atoms with Crippen LogP contribution in [0.2, 0.25) is 5.02 Å². The van der Waals surface area contributed by atoms with Gasteiger partial charge in [-0.2, -0.15) is 0 Å². The number of hydrogen-bond acceptors (Lipinski definition) is 4. The fourth-order valence-electron chi connectivity index (χ4n) is 1.70. The van der Waals surface area contributed by atoms with Crippen LogP contribution >= 0.6 is 11.6 Å². The van der Waals surface area contributed by atoms with Crippen LogP contribution in [0.4, 0.5) is 5.82 Å². The average Bonchev–Trinajstić information content (AvgIpc) is 2.26. The summed E-state index contributed by atoms with van der Waals surface area (Å²) in [6, 6.07) is 0. The van der Waals surface area contributed by atoms with E-state index in [2.05, 4.69) is 22.2 Å². The second kappa shape index (κ2) is 4.43. The summed E-state index contributed by atoms with van der Waals surface area (Å²) >= 11 is 5.87. The number of nitrogens with one attached hydrogen (secondary N) is 2. The lowest BCUT2D eigenvalue weighted by atomic mass is 9.92.